The summed E-state index contributed by atoms with van der Waals surface area (Å²) in [5.74, 6) is 0. The van der Waals surface area contributed by atoms with Crippen LogP contribution in [0.3, 0.4) is 0 Å². The first kappa shape index (κ1) is 16.0. The number of nitrogens with zero attached hydrogens (tertiary/aromatic N) is 3. The van der Waals surface area contributed by atoms with Gasteiger partial charge in [-0.3, -0.25) is 4.99 Å². The van der Waals surface area contributed by atoms with Gasteiger partial charge in [-0.05, 0) is 34.5 Å². The van der Waals surface area contributed by atoms with Crippen molar-refractivity contribution in [2.24, 2.45) is 10.1 Å². The molecule has 2 aromatic heterocycles. The molecule has 5 heteroatoms. The highest BCUT2D eigenvalue weighted by molar-refractivity contribution is 7.08. The van der Waals surface area contributed by atoms with Gasteiger partial charge in [0.15, 0.2) is 0 Å². The summed E-state index contributed by atoms with van der Waals surface area (Å²) < 4.78 is 1.95. The lowest BCUT2D eigenvalue weighted by atomic mass is 10.0. The fraction of sp³-hybridized carbons (Fsp3) is 0.100. The number of hydrogen-bond acceptors (Lipinski definition) is 4. The van der Waals surface area contributed by atoms with Crippen LogP contribution in [-0.2, 0) is 0 Å². The smallest absolute Gasteiger partial charge is 0.206 e. The molecule has 0 bridgehead atoms. The lowest BCUT2D eigenvalue weighted by Crippen LogP contribution is -2.12. The number of thiophene rings is 1. The Bertz CT molecular complexity index is 1080. The summed E-state index contributed by atoms with van der Waals surface area (Å²) >= 11 is 3.30. The van der Waals surface area contributed by atoms with E-state index in [9.17, 15) is 0 Å². The topological polar surface area (TPSA) is 29.6 Å². The Hall–Kier alpha value is -2.50. The van der Waals surface area contributed by atoms with Crippen LogP contribution in [0.15, 0.2) is 74.8 Å². The second-order valence-corrected chi connectivity index (χ2v) is 7.13. The van der Waals surface area contributed by atoms with Crippen LogP contribution in [-0.4, -0.2) is 17.4 Å². The zero-order valence-corrected chi connectivity index (χ0v) is 15.4. The Labute approximate surface area is 154 Å². The van der Waals surface area contributed by atoms with Crippen LogP contribution in [0, 0.1) is 0 Å². The number of benzene rings is 2. The Kier molecular flexibility index (Phi) is 4.59. The van der Waals surface area contributed by atoms with Crippen LogP contribution in [0.25, 0.3) is 22.0 Å². The van der Waals surface area contributed by atoms with Crippen LogP contribution in [0.4, 0.5) is 0 Å². The quantitative estimate of drug-likeness (QED) is 0.444. The summed E-state index contributed by atoms with van der Waals surface area (Å²) in [6.45, 7) is 2.79. The average molecular weight is 364 g/mol. The molecule has 3 nitrogen and oxygen atoms in total. The Balaban J connectivity index is 1.91. The van der Waals surface area contributed by atoms with Crippen molar-refractivity contribution in [3.8, 4) is 11.3 Å². The summed E-state index contributed by atoms with van der Waals surface area (Å²) in [5, 5.41) is 13.5. The zero-order valence-electron chi connectivity index (χ0n) is 13.8. The van der Waals surface area contributed by atoms with E-state index in [1.54, 1.807) is 22.7 Å². The highest BCUT2D eigenvalue weighted by atomic mass is 32.1. The van der Waals surface area contributed by atoms with E-state index in [4.69, 9.17) is 5.10 Å². The highest BCUT2D eigenvalue weighted by Gasteiger charge is 2.10. The van der Waals surface area contributed by atoms with Gasteiger partial charge in [-0.1, -0.05) is 42.5 Å². The van der Waals surface area contributed by atoms with Crippen molar-refractivity contribution in [3.63, 3.8) is 0 Å². The molecule has 25 heavy (non-hydrogen) atoms. The van der Waals surface area contributed by atoms with Crippen LogP contribution in [0.5, 0.6) is 0 Å². The first-order chi connectivity index (χ1) is 12.4. The van der Waals surface area contributed by atoms with Gasteiger partial charge in [0.1, 0.15) is 0 Å². The molecule has 0 N–H and O–H groups in total. The van der Waals surface area contributed by atoms with Crippen molar-refractivity contribution < 1.29 is 0 Å². The monoisotopic (exact) mass is 363 g/mol. The Morgan fingerprint density at radius 2 is 1.92 bits per heavy atom. The lowest BCUT2D eigenvalue weighted by molar-refractivity contribution is 0.834. The first-order valence-corrected chi connectivity index (χ1v) is 9.95. The van der Waals surface area contributed by atoms with Gasteiger partial charge in [0.2, 0.25) is 4.80 Å². The molecule has 0 fully saturated rings. The summed E-state index contributed by atoms with van der Waals surface area (Å²) in [6, 6.07) is 16.9. The molecule has 0 aliphatic rings. The second-order valence-electron chi connectivity index (χ2n) is 5.52. The van der Waals surface area contributed by atoms with Gasteiger partial charge in [0.25, 0.3) is 0 Å². The number of hydrogen-bond donors (Lipinski definition) is 0. The van der Waals surface area contributed by atoms with Gasteiger partial charge < -0.3 is 0 Å². The fourth-order valence-electron chi connectivity index (χ4n) is 2.76. The van der Waals surface area contributed by atoms with Crippen LogP contribution < -0.4 is 4.80 Å². The van der Waals surface area contributed by atoms with Crippen molar-refractivity contribution >= 4 is 39.7 Å². The molecule has 0 atom stereocenters. The van der Waals surface area contributed by atoms with E-state index in [0.29, 0.717) is 0 Å². The van der Waals surface area contributed by atoms with Crippen molar-refractivity contribution in [1.29, 1.82) is 0 Å². The van der Waals surface area contributed by atoms with Gasteiger partial charge in [0, 0.05) is 23.1 Å². The van der Waals surface area contributed by atoms with Gasteiger partial charge >= 0.3 is 0 Å². The molecule has 4 aromatic rings. The third kappa shape index (κ3) is 3.21. The van der Waals surface area contributed by atoms with E-state index < -0.39 is 0 Å². The molecule has 4 rings (SSSR count). The summed E-state index contributed by atoms with van der Waals surface area (Å²) in [5.41, 5.74) is 3.35. The van der Waals surface area contributed by atoms with Crippen molar-refractivity contribution in [2.45, 2.75) is 6.92 Å². The van der Waals surface area contributed by atoms with Crippen LogP contribution >= 0.6 is 22.7 Å². The van der Waals surface area contributed by atoms with E-state index in [1.807, 2.05) is 17.8 Å². The predicted octanol–water partition coefficient (Wildman–Crippen LogP) is 5.23. The molecule has 2 aromatic carbocycles. The molecule has 0 amide bonds. The molecule has 2 heterocycles. The molecule has 0 aliphatic carbocycles. The number of thiazole rings is 1. The summed E-state index contributed by atoms with van der Waals surface area (Å²) in [7, 11) is 0. The Morgan fingerprint density at radius 1 is 1.04 bits per heavy atom. The molecular formula is C20H17N3S2. The summed E-state index contributed by atoms with van der Waals surface area (Å²) in [6.07, 6.45) is 1.90. The fourth-order valence-corrected chi connectivity index (χ4v) is 4.27. The van der Waals surface area contributed by atoms with Gasteiger partial charge in [-0.2, -0.15) is 16.4 Å². The second kappa shape index (κ2) is 7.17. The van der Waals surface area contributed by atoms with Crippen LogP contribution in [0.1, 0.15) is 12.5 Å². The molecule has 0 aliphatic heterocycles. The number of rotatable bonds is 4. The minimum absolute atomic E-state index is 0.740. The molecule has 124 valence electrons. The van der Waals surface area contributed by atoms with Gasteiger partial charge in [-0.15, -0.1) is 11.3 Å². The normalized spacial score (nSPS) is 12.4. The van der Waals surface area contributed by atoms with Crippen molar-refractivity contribution in [1.82, 2.24) is 4.68 Å². The Morgan fingerprint density at radius 3 is 2.76 bits per heavy atom. The van der Waals surface area contributed by atoms with E-state index in [1.165, 1.54) is 16.3 Å². The predicted molar refractivity (Wildman–Crippen MR) is 109 cm³/mol. The molecule has 0 saturated heterocycles. The van der Waals surface area contributed by atoms with Crippen molar-refractivity contribution in [3.05, 3.63) is 75.0 Å². The van der Waals surface area contributed by atoms with E-state index in [0.717, 1.165) is 22.6 Å². The third-order valence-corrected chi connectivity index (χ3v) is 5.47. The van der Waals surface area contributed by atoms with Gasteiger partial charge in [0.05, 0.1) is 11.9 Å². The molecule has 0 radical (unpaired) electrons. The number of aromatic nitrogens is 1. The largest absolute Gasteiger partial charge is 0.258 e. The van der Waals surface area contributed by atoms with Gasteiger partial charge in [-0.25, -0.2) is 4.68 Å². The standard InChI is InChI=1S/C20H17N3S2/c1-2-21-20-23(22-12-15-10-11-24-13-15)19(14-25-20)18-9-5-7-16-6-3-4-8-17(16)18/h3-14H,2H2,1H3. The first-order valence-electron chi connectivity index (χ1n) is 8.12. The molecular weight excluding hydrogens is 346 g/mol. The minimum atomic E-state index is 0.740. The van der Waals surface area contributed by atoms with Crippen LogP contribution in [0.2, 0.25) is 0 Å². The van der Waals surface area contributed by atoms with Crippen molar-refractivity contribution in [2.75, 3.05) is 6.54 Å². The molecule has 0 unspecified atom stereocenters. The third-order valence-electron chi connectivity index (χ3n) is 3.91. The zero-order chi connectivity index (χ0) is 17.1. The average Bonchev–Trinajstić information content (AvgIpc) is 3.30. The summed E-state index contributed by atoms with van der Waals surface area (Å²) in [4.78, 5) is 5.52. The molecule has 0 saturated carbocycles. The van der Waals surface area contributed by atoms with E-state index >= 15 is 0 Å². The number of fused-ring (bicyclic) bond motifs is 1. The minimum Gasteiger partial charge on any atom is -0.258 e. The maximum absolute atomic E-state index is 4.73. The van der Waals surface area contributed by atoms with E-state index in [-0.39, 0.29) is 0 Å². The lowest BCUT2D eigenvalue weighted by Gasteiger charge is -2.07. The maximum Gasteiger partial charge on any atom is 0.206 e. The van der Waals surface area contributed by atoms with E-state index in [2.05, 4.69) is 69.7 Å². The highest BCUT2D eigenvalue weighted by Crippen LogP contribution is 2.28. The SMILES string of the molecule is CCN=c1scc(-c2cccc3ccccc23)n1N=Cc1ccsc1. The maximum atomic E-state index is 4.73. The molecule has 0 spiro atoms.